The number of hydrogen-bond acceptors (Lipinski definition) is 4. The lowest BCUT2D eigenvalue weighted by atomic mass is 9.46. The minimum atomic E-state index is -1.99. The summed E-state index contributed by atoms with van der Waals surface area (Å²) in [5.41, 5.74) is 1.15. The maximum absolute atomic E-state index is 11.9. The summed E-state index contributed by atoms with van der Waals surface area (Å²) in [6, 6.07) is 0. The van der Waals surface area contributed by atoms with Crippen LogP contribution in [0.4, 0.5) is 0 Å². The Morgan fingerprint density at radius 1 is 1.16 bits per heavy atom. The van der Waals surface area contributed by atoms with Crippen LogP contribution >= 0.6 is 0 Å². The summed E-state index contributed by atoms with van der Waals surface area (Å²) >= 11 is 0. The molecule has 0 aromatic carbocycles. The summed E-state index contributed by atoms with van der Waals surface area (Å²) in [5, 5.41) is 0.122. The van der Waals surface area contributed by atoms with Gasteiger partial charge in [-0.15, -0.1) is 0 Å². The van der Waals surface area contributed by atoms with Gasteiger partial charge in [-0.25, -0.2) is 0 Å². The lowest BCUT2D eigenvalue weighted by Gasteiger charge is -2.60. The highest BCUT2D eigenvalue weighted by molar-refractivity contribution is 6.74. The van der Waals surface area contributed by atoms with Crippen LogP contribution in [-0.4, -0.2) is 32.8 Å². The predicted octanol–water partition coefficient (Wildman–Crippen LogP) is 6.70. The Labute approximate surface area is 191 Å². The molecule has 0 radical (unpaired) electrons. The quantitative estimate of drug-likeness (QED) is 0.246. The van der Waals surface area contributed by atoms with E-state index in [1.54, 1.807) is 6.92 Å². The largest absolute Gasteiger partial charge is 0.465 e. The molecule has 2 aliphatic rings. The first-order chi connectivity index (χ1) is 14.0. The number of esters is 1. The third kappa shape index (κ3) is 5.52. The average Bonchev–Trinajstić information content (AvgIpc) is 2.60. The van der Waals surface area contributed by atoms with E-state index in [2.05, 4.69) is 54.3 Å². The van der Waals surface area contributed by atoms with E-state index in [0.717, 1.165) is 32.1 Å². The second kappa shape index (κ2) is 9.13. The molecule has 0 bridgehead atoms. The summed E-state index contributed by atoms with van der Waals surface area (Å²) in [5.74, 6) is 0.641. The van der Waals surface area contributed by atoms with Crippen LogP contribution in [0.5, 0.6) is 0 Å². The Balaban J connectivity index is 2.44. The molecule has 2 aliphatic carbocycles. The van der Waals surface area contributed by atoms with Gasteiger partial charge in [0, 0.05) is 18.8 Å². The fraction of sp³-hybridized carbons (Fsp3) is 0.846. The summed E-state index contributed by atoms with van der Waals surface area (Å²) in [4.78, 5) is 23.5. The van der Waals surface area contributed by atoms with E-state index in [9.17, 15) is 9.59 Å². The number of hydrogen-bond donors (Lipinski definition) is 0. The molecule has 0 heterocycles. The van der Waals surface area contributed by atoms with E-state index in [1.807, 2.05) is 0 Å². The van der Waals surface area contributed by atoms with Gasteiger partial charge in [-0.2, -0.15) is 0 Å². The molecule has 5 atom stereocenters. The fourth-order valence-electron chi connectivity index (χ4n) is 5.96. The van der Waals surface area contributed by atoms with Gasteiger partial charge in [0.15, 0.2) is 8.32 Å². The molecule has 0 aromatic rings. The molecule has 0 amide bonds. The van der Waals surface area contributed by atoms with Crippen LogP contribution in [0.25, 0.3) is 0 Å². The number of carbonyl (C=O) groups is 2. The normalized spacial score (nSPS) is 34.2. The van der Waals surface area contributed by atoms with Crippen molar-refractivity contribution in [2.24, 2.45) is 22.7 Å². The summed E-state index contributed by atoms with van der Waals surface area (Å²) < 4.78 is 12.5. The van der Waals surface area contributed by atoms with E-state index in [0.29, 0.717) is 18.9 Å². The van der Waals surface area contributed by atoms with E-state index in [4.69, 9.17) is 9.16 Å². The van der Waals surface area contributed by atoms with Crippen molar-refractivity contribution >= 4 is 20.1 Å². The first-order valence-electron chi connectivity index (χ1n) is 12.0. The van der Waals surface area contributed by atoms with E-state index in [-0.39, 0.29) is 39.6 Å². The summed E-state index contributed by atoms with van der Waals surface area (Å²) in [7, 11) is -1.99. The molecular formula is C26H46O4Si. The van der Waals surface area contributed by atoms with Crippen molar-refractivity contribution in [2.75, 3.05) is 6.61 Å². The van der Waals surface area contributed by atoms with Crippen molar-refractivity contribution in [3.8, 4) is 0 Å². The van der Waals surface area contributed by atoms with Crippen LogP contribution in [0.1, 0.15) is 87.0 Å². The predicted molar refractivity (Wildman–Crippen MR) is 129 cm³/mol. The van der Waals surface area contributed by atoms with Gasteiger partial charge in [-0.3, -0.25) is 4.79 Å². The Morgan fingerprint density at radius 2 is 1.77 bits per heavy atom. The maximum Gasteiger partial charge on any atom is 0.302 e. The van der Waals surface area contributed by atoms with Crippen molar-refractivity contribution in [2.45, 2.75) is 111 Å². The maximum atomic E-state index is 11.9. The molecule has 0 aliphatic heterocycles. The van der Waals surface area contributed by atoms with Gasteiger partial charge < -0.3 is 14.0 Å². The van der Waals surface area contributed by atoms with Crippen molar-refractivity contribution in [1.29, 1.82) is 0 Å². The highest BCUT2D eigenvalue weighted by Crippen LogP contribution is 2.62. The average molecular weight is 451 g/mol. The van der Waals surface area contributed by atoms with E-state index < -0.39 is 8.32 Å². The molecule has 0 aromatic heterocycles. The number of ether oxygens (including phenoxy) is 1. The number of fused-ring (bicyclic) bond motifs is 1. The lowest BCUT2D eigenvalue weighted by Crippen LogP contribution is -2.57. The molecule has 0 saturated heterocycles. The smallest absolute Gasteiger partial charge is 0.302 e. The Bertz CT molecular complexity index is 707. The third-order valence-corrected chi connectivity index (χ3v) is 13.3. The fourth-order valence-corrected chi connectivity index (χ4v) is 7.27. The van der Waals surface area contributed by atoms with E-state index >= 15 is 0 Å². The number of rotatable bonds is 7. The Kier molecular flexibility index (Phi) is 7.75. The van der Waals surface area contributed by atoms with Gasteiger partial charge in [0.1, 0.15) is 5.78 Å². The minimum Gasteiger partial charge on any atom is -0.465 e. The van der Waals surface area contributed by atoms with Crippen molar-refractivity contribution in [1.82, 2.24) is 0 Å². The minimum absolute atomic E-state index is 0.00526. The second-order valence-electron chi connectivity index (χ2n) is 12.3. The van der Waals surface area contributed by atoms with Gasteiger partial charge in [0.25, 0.3) is 0 Å². The molecule has 4 nitrogen and oxygen atoms in total. The third-order valence-electron chi connectivity index (χ3n) is 8.84. The molecule has 0 N–H and O–H groups in total. The molecule has 0 spiro atoms. The van der Waals surface area contributed by atoms with Crippen molar-refractivity contribution < 1.29 is 18.8 Å². The number of ketones is 1. The Morgan fingerprint density at radius 3 is 2.29 bits per heavy atom. The van der Waals surface area contributed by atoms with Gasteiger partial charge in [-0.1, -0.05) is 47.6 Å². The highest BCUT2D eigenvalue weighted by atomic mass is 28.4. The van der Waals surface area contributed by atoms with Crippen LogP contribution in [0.2, 0.25) is 18.1 Å². The number of carbonyl (C=O) groups excluding carboxylic acids is 2. The van der Waals surface area contributed by atoms with Gasteiger partial charge in [-0.05, 0) is 73.6 Å². The zero-order valence-electron chi connectivity index (χ0n) is 21.5. The molecule has 178 valence electrons. The van der Waals surface area contributed by atoms with Gasteiger partial charge in [0.05, 0.1) is 12.7 Å². The van der Waals surface area contributed by atoms with Crippen molar-refractivity contribution in [3.05, 3.63) is 12.2 Å². The van der Waals surface area contributed by atoms with Crippen LogP contribution < -0.4 is 0 Å². The van der Waals surface area contributed by atoms with Crippen molar-refractivity contribution in [3.63, 3.8) is 0 Å². The molecule has 2 fully saturated rings. The topological polar surface area (TPSA) is 52.6 Å². The van der Waals surface area contributed by atoms with Gasteiger partial charge in [0.2, 0.25) is 0 Å². The molecule has 5 heteroatoms. The molecule has 0 unspecified atom stereocenters. The van der Waals surface area contributed by atoms with Gasteiger partial charge >= 0.3 is 5.97 Å². The van der Waals surface area contributed by atoms with Crippen LogP contribution in [0.15, 0.2) is 12.2 Å². The first kappa shape index (κ1) is 26.3. The van der Waals surface area contributed by atoms with Crippen LogP contribution in [0, 0.1) is 22.7 Å². The monoisotopic (exact) mass is 450 g/mol. The highest BCUT2D eigenvalue weighted by Gasteiger charge is 2.58. The SMILES string of the molecule is C=C1[C@H](O[Si](C)(C)C(C)(C)C)C[C@H]2[C@@](C)(COC(C)=O)CCC[C@]2(C)[C@H]1CCC(C)=O. The number of Topliss-reactive ketones (excluding diaryl/α,β-unsaturated/α-hetero) is 1. The Hall–Kier alpha value is -0.943. The van der Waals surface area contributed by atoms with E-state index in [1.165, 1.54) is 12.5 Å². The zero-order chi connectivity index (χ0) is 23.8. The molecule has 2 saturated carbocycles. The molecule has 2 rings (SSSR count). The van der Waals surface area contributed by atoms with Crippen LogP contribution in [-0.2, 0) is 18.8 Å². The molecule has 31 heavy (non-hydrogen) atoms. The zero-order valence-corrected chi connectivity index (χ0v) is 22.5. The molecular weight excluding hydrogens is 404 g/mol. The summed E-state index contributed by atoms with van der Waals surface area (Å²) in [6.07, 6.45) is 5.65. The summed E-state index contributed by atoms with van der Waals surface area (Å²) in [6.45, 7) is 24.3. The second-order valence-corrected chi connectivity index (χ2v) is 17.1. The lowest BCUT2D eigenvalue weighted by molar-refractivity contribution is -0.155. The first-order valence-corrected chi connectivity index (χ1v) is 14.9. The standard InChI is InChI=1S/C26H46O4Si/c1-18(27)12-13-21-19(2)22(30-31(9,10)24(4,5)6)16-23-25(7,17-29-20(3)28)14-11-15-26(21,23)8/h21-23H,2,11-17H2,1,3-10H3/t21-,22+,23-,25+,26+/m0/s1. The van der Waals surface area contributed by atoms with Crippen LogP contribution in [0.3, 0.4) is 0 Å².